The highest BCUT2D eigenvalue weighted by Gasteiger charge is 2.09. The lowest BCUT2D eigenvalue weighted by atomic mass is 10.1. The van der Waals surface area contributed by atoms with E-state index in [1.807, 2.05) is 44.4 Å². The van der Waals surface area contributed by atoms with Gasteiger partial charge in [-0.3, -0.25) is 4.98 Å². The lowest BCUT2D eigenvalue weighted by molar-refractivity contribution is 0.398. The molecule has 3 aromatic rings. The predicted octanol–water partition coefficient (Wildman–Crippen LogP) is 4.15. The molecule has 0 spiro atoms. The highest BCUT2D eigenvalue weighted by Crippen LogP contribution is 2.33. The summed E-state index contributed by atoms with van der Waals surface area (Å²) in [6, 6.07) is 16.4. The van der Waals surface area contributed by atoms with Gasteiger partial charge in [-0.05, 0) is 44.4 Å². The molecule has 1 heterocycles. The number of hydrogen-bond acceptors (Lipinski definition) is 4. The molecule has 0 bridgehead atoms. The molecule has 0 radical (unpaired) electrons. The maximum atomic E-state index is 10.0. The van der Waals surface area contributed by atoms with Crippen molar-refractivity contribution in [1.82, 2.24) is 9.88 Å². The maximum Gasteiger partial charge on any atom is 0.141 e. The summed E-state index contributed by atoms with van der Waals surface area (Å²) in [5.41, 5.74) is 0.980. The monoisotopic (exact) mass is 310 g/mol. The van der Waals surface area contributed by atoms with Crippen LogP contribution in [0, 0.1) is 0 Å². The van der Waals surface area contributed by atoms with E-state index in [0.29, 0.717) is 0 Å². The van der Waals surface area contributed by atoms with Gasteiger partial charge < -0.3 is 10.0 Å². The molecule has 22 heavy (non-hydrogen) atoms. The zero-order chi connectivity index (χ0) is 15.5. The van der Waals surface area contributed by atoms with Crippen LogP contribution < -0.4 is 0 Å². The zero-order valence-electron chi connectivity index (χ0n) is 12.7. The molecule has 0 atom stereocenters. The topological polar surface area (TPSA) is 36.4 Å². The molecule has 3 rings (SSSR count). The molecule has 1 aromatic heterocycles. The Kier molecular flexibility index (Phi) is 4.32. The number of rotatable bonds is 4. The quantitative estimate of drug-likeness (QED) is 0.785. The summed E-state index contributed by atoms with van der Waals surface area (Å²) in [6.07, 6.45) is 1.53. The average Bonchev–Trinajstić information content (AvgIpc) is 2.51. The number of aromatic hydroxyl groups is 1. The van der Waals surface area contributed by atoms with E-state index in [4.69, 9.17) is 0 Å². The van der Waals surface area contributed by atoms with Crippen LogP contribution in [0.5, 0.6) is 5.75 Å². The number of benzene rings is 2. The van der Waals surface area contributed by atoms with E-state index in [0.717, 1.165) is 27.9 Å². The summed E-state index contributed by atoms with van der Waals surface area (Å²) in [4.78, 5) is 8.82. The minimum absolute atomic E-state index is 0.230. The number of aromatic nitrogens is 1. The number of pyridine rings is 1. The molecule has 0 saturated heterocycles. The molecule has 3 nitrogen and oxygen atoms in total. The van der Waals surface area contributed by atoms with Gasteiger partial charge in [-0.25, -0.2) is 0 Å². The molecule has 0 amide bonds. The fourth-order valence-electron chi connectivity index (χ4n) is 2.38. The van der Waals surface area contributed by atoms with Gasteiger partial charge in [-0.15, -0.1) is 0 Å². The van der Waals surface area contributed by atoms with E-state index in [1.54, 1.807) is 11.8 Å². The van der Waals surface area contributed by atoms with Gasteiger partial charge in [-0.2, -0.15) is 0 Å². The number of fused-ring (bicyclic) bond motifs is 1. The molecule has 2 aromatic carbocycles. The Morgan fingerprint density at radius 3 is 2.50 bits per heavy atom. The molecule has 0 aliphatic rings. The lowest BCUT2D eigenvalue weighted by Crippen LogP contribution is -2.12. The van der Waals surface area contributed by atoms with Crippen molar-refractivity contribution in [2.75, 3.05) is 14.1 Å². The van der Waals surface area contributed by atoms with Gasteiger partial charge >= 0.3 is 0 Å². The third-order valence-electron chi connectivity index (χ3n) is 3.37. The first-order chi connectivity index (χ1) is 10.6. The summed E-state index contributed by atoms with van der Waals surface area (Å²) < 4.78 is 0. The Hall–Kier alpha value is -2.04. The van der Waals surface area contributed by atoms with Crippen molar-refractivity contribution in [2.24, 2.45) is 0 Å². The van der Waals surface area contributed by atoms with Crippen molar-refractivity contribution in [2.45, 2.75) is 16.3 Å². The van der Waals surface area contributed by atoms with E-state index in [2.05, 4.69) is 28.1 Å². The Morgan fingerprint density at radius 2 is 1.77 bits per heavy atom. The van der Waals surface area contributed by atoms with Crippen LogP contribution in [0.1, 0.15) is 5.69 Å². The fourth-order valence-corrected chi connectivity index (χ4v) is 3.26. The van der Waals surface area contributed by atoms with Gasteiger partial charge in [0.1, 0.15) is 5.75 Å². The molecule has 112 valence electrons. The molecule has 1 N–H and O–H groups in total. The predicted molar refractivity (Wildman–Crippen MR) is 91.4 cm³/mol. The molecule has 0 fully saturated rings. The molecule has 0 saturated carbocycles. The standard InChI is InChI=1S/C18H18N2OS/c1-20(2)12-17-16-10-14(22-13-6-4-3-5-7-13)8-9-15(16)18(21)11-19-17/h3-11,21H,12H2,1-2H3. The number of hydrogen-bond donors (Lipinski definition) is 1. The summed E-state index contributed by atoms with van der Waals surface area (Å²) in [7, 11) is 4.03. The summed E-state index contributed by atoms with van der Waals surface area (Å²) in [6.45, 7) is 0.746. The minimum atomic E-state index is 0.230. The van der Waals surface area contributed by atoms with Crippen LogP contribution in [0.4, 0.5) is 0 Å². The van der Waals surface area contributed by atoms with Crippen molar-refractivity contribution in [3.05, 3.63) is 60.4 Å². The van der Waals surface area contributed by atoms with Crippen LogP contribution in [0.3, 0.4) is 0 Å². The Balaban J connectivity index is 2.03. The van der Waals surface area contributed by atoms with E-state index >= 15 is 0 Å². The van der Waals surface area contributed by atoms with Crippen molar-refractivity contribution < 1.29 is 5.11 Å². The van der Waals surface area contributed by atoms with Crippen LogP contribution in [-0.2, 0) is 6.54 Å². The first-order valence-electron chi connectivity index (χ1n) is 7.12. The van der Waals surface area contributed by atoms with Crippen molar-refractivity contribution in [3.63, 3.8) is 0 Å². The van der Waals surface area contributed by atoms with Gasteiger partial charge in [0.2, 0.25) is 0 Å². The van der Waals surface area contributed by atoms with E-state index in [-0.39, 0.29) is 5.75 Å². The molecule has 0 unspecified atom stereocenters. The Labute approximate surface area is 134 Å². The maximum absolute atomic E-state index is 10.0. The van der Waals surface area contributed by atoms with Crippen LogP contribution in [0.2, 0.25) is 0 Å². The Bertz CT molecular complexity index is 788. The fraction of sp³-hybridized carbons (Fsp3) is 0.167. The van der Waals surface area contributed by atoms with Crippen LogP contribution in [-0.4, -0.2) is 29.1 Å². The van der Waals surface area contributed by atoms with E-state index in [1.165, 1.54) is 11.1 Å². The summed E-state index contributed by atoms with van der Waals surface area (Å²) in [5, 5.41) is 11.9. The largest absolute Gasteiger partial charge is 0.506 e. The van der Waals surface area contributed by atoms with Gasteiger partial charge in [-0.1, -0.05) is 30.0 Å². The van der Waals surface area contributed by atoms with E-state index < -0.39 is 0 Å². The zero-order valence-corrected chi connectivity index (χ0v) is 13.5. The highest BCUT2D eigenvalue weighted by atomic mass is 32.2. The van der Waals surface area contributed by atoms with Gasteiger partial charge in [0.05, 0.1) is 11.9 Å². The second kappa shape index (κ2) is 6.38. The second-order valence-corrected chi connectivity index (χ2v) is 6.60. The molecular weight excluding hydrogens is 292 g/mol. The third-order valence-corrected chi connectivity index (χ3v) is 4.36. The van der Waals surface area contributed by atoms with Crippen molar-refractivity contribution >= 4 is 22.5 Å². The average molecular weight is 310 g/mol. The van der Waals surface area contributed by atoms with Gasteiger partial charge in [0, 0.05) is 27.1 Å². The smallest absolute Gasteiger partial charge is 0.141 e. The highest BCUT2D eigenvalue weighted by molar-refractivity contribution is 7.99. The van der Waals surface area contributed by atoms with Gasteiger partial charge in [0.25, 0.3) is 0 Å². The SMILES string of the molecule is CN(C)Cc1ncc(O)c2ccc(Sc3ccccc3)cc12. The first kappa shape index (κ1) is 14.9. The number of nitrogens with zero attached hydrogens (tertiary/aromatic N) is 2. The first-order valence-corrected chi connectivity index (χ1v) is 7.93. The van der Waals surface area contributed by atoms with Crippen LogP contribution in [0.15, 0.2) is 64.5 Å². The summed E-state index contributed by atoms with van der Waals surface area (Å²) >= 11 is 1.71. The van der Waals surface area contributed by atoms with E-state index in [9.17, 15) is 5.11 Å². The van der Waals surface area contributed by atoms with Gasteiger partial charge in [0.15, 0.2) is 0 Å². The normalized spacial score (nSPS) is 11.2. The third kappa shape index (κ3) is 3.24. The van der Waals surface area contributed by atoms with Crippen molar-refractivity contribution in [1.29, 1.82) is 0 Å². The minimum Gasteiger partial charge on any atom is -0.506 e. The molecule has 4 heteroatoms. The Morgan fingerprint density at radius 1 is 1.00 bits per heavy atom. The molecular formula is C18H18N2OS. The van der Waals surface area contributed by atoms with Crippen LogP contribution >= 0.6 is 11.8 Å². The van der Waals surface area contributed by atoms with Crippen LogP contribution in [0.25, 0.3) is 10.8 Å². The molecule has 0 aliphatic heterocycles. The lowest BCUT2D eigenvalue weighted by Gasteiger charge is -2.13. The van der Waals surface area contributed by atoms with Crippen molar-refractivity contribution in [3.8, 4) is 5.75 Å². The second-order valence-electron chi connectivity index (χ2n) is 5.45. The summed E-state index contributed by atoms with van der Waals surface area (Å²) in [5.74, 6) is 0.230. The molecule has 0 aliphatic carbocycles.